The van der Waals surface area contributed by atoms with Gasteiger partial charge >= 0.3 is 0 Å². The molecular weight excluding hydrogens is 241 g/mol. The lowest BCUT2D eigenvalue weighted by atomic mass is 10.1. The van der Waals surface area contributed by atoms with Crippen molar-refractivity contribution in [3.63, 3.8) is 0 Å². The van der Waals surface area contributed by atoms with E-state index in [1.54, 1.807) is 6.07 Å². The number of hydrogen-bond acceptors (Lipinski definition) is 2. The van der Waals surface area contributed by atoms with Gasteiger partial charge in [-0.2, -0.15) is 0 Å². The smallest absolute Gasteiger partial charge is 0.147 e. The quantitative estimate of drug-likeness (QED) is 0.806. The molecule has 0 saturated heterocycles. The van der Waals surface area contributed by atoms with Crippen molar-refractivity contribution < 1.29 is 4.39 Å². The molecule has 0 aliphatic heterocycles. The van der Waals surface area contributed by atoms with Crippen molar-refractivity contribution in [3.8, 4) is 0 Å². The number of fused-ring (bicyclic) bond motifs is 1. The van der Waals surface area contributed by atoms with Gasteiger partial charge < -0.3 is 15.6 Å². The fraction of sp³-hybridized carbons (Fsp3) is 0.467. The maximum absolute atomic E-state index is 13.6. The molecule has 19 heavy (non-hydrogen) atoms. The Balaban J connectivity index is 2.06. The van der Waals surface area contributed by atoms with Crippen molar-refractivity contribution in [1.29, 1.82) is 0 Å². The molecule has 1 aromatic heterocycles. The molecule has 0 fully saturated rings. The summed E-state index contributed by atoms with van der Waals surface area (Å²) in [5.41, 5.74) is 7.40. The molecule has 0 aliphatic carbocycles. The highest BCUT2D eigenvalue weighted by molar-refractivity contribution is 5.83. The highest BCUT2D eigenvalue weighted by atomic mass is 19.1. The summed E-state index contributed by atoms with van der Waals surface area (Å²) < 4.78 is 13.6. The zero-order valence-corrected chi connectivity index (χ0v) is 11.5. The first-order chi connectivity index (χ1) is 9.26. The lowest BCUT2D eigenvalue weighted by molar-refractivity contribution is 0.285. The largest absolute Gasteiger partial charge is 0.359 e. The molecule has 2 aromatic rings. The second-order valence-electron chi connectivity index (χ2n) is 4.86. The Morgan fingerprint density at radius 1 is 1.26 bits per heavy atom. The van der Waals surface area contributed by atoms with E-state index in [0.29, 0.717) is 12.1 Å². The summed E-state index contributed by atoms with van der Waals surface area (Å²) in [5, 5.41) is 0.990. The Kier molecular flexibility index (Phi) is 4.93. The summed E-state index contributed by atoms with van der Waals surface area (Å²) in [6.07, 6.45) is 3.96. The Morgan fingerprint density at radius 2 is 2.11 bits per heavy atom. The highest BCUT2D eigenvalue weighted by Gasteiger charge is 2.09. The van der Waals surface area contributed by atoms with Crippen LogP contribution in [0.3, 0.4) is 0 Å². The molecular formula is C15H22FN3. The molecule has 0 spiro atoms. The van der Waals surface area contributed by atoms with Crippen LogP contribution in [0.1, 0.15) is 18.9 Å². The van der Waals surface area contributed by atoms with Crippen LogP contribution in [0.5, 0.6) is 0 Å². The number of rotatable bonds is 7. The van der Waals surface area contributed by atoms with Crippen molar-refractivity contribution in [1.82, 2.24) is 9.88 Å². The predicted molar refractivity (Wildman–Crippen MR) is 77.7 cm³/mol. The maximum Gasteiger partial charge on any atom is 0.147 e. The number of H-pyrrole nitrogens is 1. The number of benzene rings is 1. The van der Waals surface area contributed by atoms with Crippen LogP contribution >= 0.6 is 0 Å². The van der Waals surface area contributed by atoms with E-state index in [-0.39, 0.29) is 5.82 Å². The number of nitrogens with one attached hydrogen (secondary N) is 1. The number of aromatic nitrogens is 1. The molecule has 3 N–H and O–H groups in total. The monoisotopic (exact) mass is 263 g/mol. The molecule has 2 rings (SSSR count). The molecule has 0 aliphatic rings. The van der Waals surface area contributed by atoms with Crippen molar-refractivity contribution in [2.45, 2.75) is 19.8 Å². The van der Waals surface area contributed by atoms with Gasteiger partial charge in [0, 0.05) is 31.2 Å². The van der Waals surface area contributed by atoms with Crippen LogP contribution in [-0.2, 0) is 6.42 Å². The first-order valence-corrected chi connectivity index (χ1v) is 6.93. The first-order valence-electron chi connectivity index (χ1n) is 6.93. The van der Waals surface area contributed by atoms with Crippen LogP contribution in [0.4, 0.5) is 4.39 Å². The lowest BCUT2D eigenvalue weighted by Crippen LogP contribution is -2.32. The molecule has 0 bridgehead atoms. The number of hydrogen-bond donors (Lipinski definition) is 2. The predicted octanol–water partition coefficient (Wildman–Crippen LogP) is 2.52. The summed E-state index contributed by atoms with van der Waals surface area (Å²) in [6.45, 7) is 5.81. The molecule has 104 valence electrons. The van der Waals surface area contributed by atoms with E-state index in [9.17, 15) is 4.39 Å². The number of nitrogens with zero attached hydrogens (tertiary/aromatic N) is 1. The van der Waals surface area contributed by atoms with E-state index in [0.717, 1.165) is 37.9 Å². The van der Waals surface area contributed by atoms with Crippen LogP contribution in [0.2, 0.25) is 0 Å². The fourth-order valence-electron chi connectivity index (χ4n) is 2.50. The molecule has 0 saturated carbocycles. The Morgan fingerprint density at radius 3 is 2.84 bits per heavy atom. The van der Waals surface area contributed by atoms with Gasteiger partial charge in [0.15, 0.2) is 0 Å². The molecule has 1 aromatic carbocycles. The van der Waals surface area contributed by atoms with E-state index in [2.05, 4.69) is 16.8 Å². The van der Waals surface area contributed by atoms with Gasteiger partial charge in [0.25, 0.3) is 0 Å². The van der Waals surface area contributed by atoms with Gasteiger partial charge in [-0.05, 0) is 31.0 Å². The topological polar surface area (TPSA) is 45.0 Å². The number of halogens is 1. The zero-order valence-electron chi connectivity index (χ0n) is 11.5. The summed E-state index contributed by atoms with van der Waals surface area (Å²) in [5.74, 6) is -0.184. The minimum absolute atomic E-state index is 0.184. The third-order valence-electron chi connectivity index (χ3n) is 3.43. The summed E-state index contributed by atoms with van der Waals surface area (Å²) >= 11 is 0. The standard InChI is InChI=1S/C15H22FN3/c1-2-8-19(10-7-17)9-6-12-11-18-15-13(12)4-3-5-14(15)16/h3-5,11,18H,2,6-10,17H2,1H3. The summed E-state index contributed by atoms with van der Waals surface area (Å²) in [6, 6.07) is 5.22. The van der Waals surface area contributed by atoms with Crippen LogP contribution in [0.15, 0.2) is 24.4 Å². The van der Waals surface area contributed by atoms with Gasteiger partial charge in [-0.15, -0.1) is 0 Å². The molecule has 0 amide bonds. The minimum Gasteiger partial charge on any atom is -0.359 e. The van der Waals surface area contributed by atoms with E-state index >= 15 is 0 Å². The average molecular weight is 263 g/mol. The number of para-hydroxylation sites is 1. The number of nitrogens with two attached hydrogens (primary N) is 1. The Labute approximate surface area is 113 Å². The SMILES string of the molecule is CCCN(CCN)CCc1c[nH]c2c(F)cccc12. The van der Waals surface area contributed by atoms with Gasteiger partial charge in [-0.1, -0.05) is 19.1 Å². The molecule has 4 heteroatoms. The van der Waals surface area contributed by atoms with Crippen molar-refractivity contribution in [2.24, 2.45) is 5.73 Å². The van der Waals surface area contributed by atoms with E-state index in [4.69, 9.17) is 5.73 Å². The van der Waals surface area contributed by atoms with Crippen LogP contribution in [0.25, 0.3) is 10.9 Å². The van der Waals surface area contributed by atoms with Crippen molar-refractivity contribution in [3.05, 3.63) is 35.8 Å². The minimum atomic E-state index is -0.184. The van der Waals surface area contributed by atoms with E-state index < -0.39 is 0 Å². The van der Waals surface area contributed by atoms with Crippen LogP contribution in [-0.4, -0.2) is 36.1 Å². The van der Waals surface area contributed by atoms with Crippen LogP contribution in [0, 0.1) is 5.82 Å². The Bertz CT molecular complexity index is 515. The highest BCUT2D eigenvalue weighted by Crippen LogP contribution is 2.21. The normalized spacial score (nSPS) is 11.6. The number of aromatic amines is 1. The maximum atomic E-state index is 13.6. The average Bonchev–Trinajstić information content (AvgIpc) is 2.81. The van der Waals surface area contributed by atoms with Gasteiger partial charge in [0.2, 0.25) is 0 Å². The molecule has 1 heterocycles. The van der Waals surface area contributed by atoms with Gasteiger partial charge in [0.1, 0.15) is 5.82 Å². The third-order valence-corrected chi connectivity index (χ3v) is 3.43. The lowest BCUT2D eigenvalue weighted by Gasteiger charge is -2.20. The van der Waals surface area contributed by atoms with Gasteiger partial charge in [-0.25, -0.2) is 4.39 Å². The second-order valence-corrected chi connectivity index (χ2v) is 4.86. The van der Waals surface area contributed by atoms with Crippen molar-refractivity contribution >= 4 is 10.9 Å². The fourth-order valence-corrected chi connectivity index (χ4v) is 2.50. The first kappa shape index (κ1) is 14.0. The van der Waals surface area contributed by atoms with E-state index in [1.807, 2.05) is 12.3 Å². The molecule has 3 nitrogen and oxygen atoms in total. The molecule has 0 unspecified atom stereocenters. The van der Waals surface area contributed by atoms with Crippen LogP contribution < -0.4 is 5.73 Å². The third kappa shape index (κ3) is 3.33. The molecule has 0 atom stereocenters. The van der Waals surface area contributed by atoms with Crippen molar-refractivity contribution in [2.75, 3.05) is 26.2 Å². The zero-order chi connectivity index (χ0) is 13.7. The Hall–Kier alpha value is -1.39. The molecule has 0 radical (unpaired) electrons. The van der Waals surface area contributed by atoms with E-state index in [1.165, 1.54) is 11.6 Å². The van der Waals surface area contributed by atoms with Gasteiger partial charge in [0.05, 0.1) is 5.52 Å². The van der Waals surface area contributed by atoms with Gasteiger partial charge in [-0.3, -0.25) is 0 Å². The summed E-state index contributed by atoms with van der Waals surface area (Å²) in [4.78, 5) is 5.39. The summed E-state index contributed by atoms with van der Waals surface area (Å²) in [7, 11) is 0. The second kappa shape index (κ2) is 6.68.